The highest BCUT2D eigenvalue weighted by molar-refractivity contribution is 8.18. The minimum atomic E-state index is -0.479. The van der Waals surface area contributed by atoms with Crippen molar-refractivity contribution >= 4 is 29.0 Å². The average Bonchev–Trinajstić information content (AvgIpc) is 3.06. The molecule has 31 heavy (non-hydrogen) atoms. The number of benzene rings is 2. The first-order valence-electron chi connectivity index (χ1n) is 10.2. The van der Waals surface area contributed by atoms with Crippen LogP contribution in [0.3, 0.4) is 0 Å². The Morgan fingerprint density at radius 2 is 1.87 bits per heavy atom. The van der Waals surface area contributed by atoms with Gasteiger partial charge in [-0.25, -0.2) is 0 Å². The monoisotopic (exact) mass is 439 g/mol. The van der Waals surface area contributed by atoms with Crippen molar-refractivity contribution in [2.45, 2.75) is 46.1 Å². The fourth-order valence-electron chi connectivity index (χ4n) is 3.87. The number of hydrogen-bond donors (Lipinski definition) is 2. The molecule has 6 nitrogen and oxygen atoms in total. The lowest BCUT2D eigenvalue weighted by Gasteiger charge is -2.37. The molecular formula is C24H25NO5S. The maximum absolute atomic E-state index is 11.7. The number of aromatic hydroxyl groups is 1. The van der Waals surface area contributed by atoms with Gasteiger partial charge in [-0.3, -0.25) is 14.9 Å². The quantitative estimate of drug-likeness (QED) is 0.666. The molecule has 2 aromatic rings. The second kappa shape index (κ2) is 7.96. The number of nitrogens with one attached hydrogen (secondary N) is 1. The molecule has 0 aromatic heterocycles. The largest absolute Gasteiger partial charge is 0.507 e. The molecule has 7 heteroatoms. The van der Waals surface area contributed by atoms with Crippen LogP contribution < -0.4 is 14.8 Å². The molecule has 2 heterocycles. The molecule has 0 bridgehead atoms. The number of ether oxygens (including phenoxy) is 2. The third kappa shape index (κ3) is 4.14. The van der Waals surface area contributed by atoms with E-state index < -0.39 is 5.60 Å². The van der Waals surface area contributed by atoms with Gasteiger partial charge in [-0.15, -0.1) is 0 Å². The molecule has 2 amide bonds. The summed E-state index contributed by atoms with van der Waals surface area (Å²) in [6.45, 7) is 8.24. The lowest BCUT2D eigenvalue weighted by atomic mass is 9.87. The van der Waals surface area contributed by atoms with Crippen molar-refractivity contribution in [2.24, 2.45) is 0 Å². The minimum absolute atomic E-state index is 0.352. The van der Waals surface area contributed by atoms with Crippen molar-refractivity contribution < 1.29 is 24.2 Å². The third-order valence-corrected chi connectivity index (χ3v) is 6.77. The van der Waals surface area contributed by atoms with Crippen molar-refractivity contribution in [1.82, 2.24) is 5.32 Å². The van der Waals surface area contributed by atoms with Crippen LogP contribution in [0.4, 0.5) is 4.79 Å². The van der Waals surface area contributed by atoms with Gasteiger partial charge in [0.05, 0.1) is 4.91 Å². The SMILES string of the molecule is Cc1c(C)c2c(c(C)c1O)CCC(C)(COc1ccc(/C=C3/SC(=O)NC3=O)cc1)O2. The van der Waals surface area contributed by atoms with E-state index in [9.17, 15) is 14.7 Å². The number of phenolic OH excluding ortho intramolecular Hbond substituents is 1. The molecule has 1 unspecified atom stereocenters. The number of carbonyl (C=O) groups excluding carboxylic acids is 2. The van der Waals surface area contributed by atoms with E-state index in [1.54, 1.807) is 6.08 Å². The lowest BCUT2D eigenvalue weighted by molar-refractivity contribution is -0.115. The zero-order valence-electron chi connectivity index (χ0n) is 18.0. The van der Waals surface area contributed by atoms with Crippen LogP contribution >= 0.6 is 11.8 Å². The maximum Gasteiger partial charge on any atom is 0.290 e. The highest BCUT2D eigenvalue weighted by Crippen LogP contribution is 2.43. The number of thioether (sulfide) groups is 1. The van der Waals surface area contributed by atoms with Gasteiger partial charge in [0.1, 0.15) is 29.5 Å². The van der Waals surface area contributed by atoms with E-state index in [1.807, 2.05) is 52.0 Å². The van der Waals surface area contributed by atoms with E-state index in [0.29, 0.717) is 23.0 Å². The number of amides is 2. The second-order valence-electron chi connectivity index (χ2n) is 8.29. The highest BCUT2D eigenvalue weighted by atomic mass is 32.2. The van der Waals surface area contributed by atoms with Crippen LogP contribution in [0.25, 0.3) is 6.08 Å². The number of phenols is 1. The number of fused-ring (bicyclic) bond motifs is 1. The Labute approximate surface area is 185 Å². The molecule has 2 aliphatic heterocycles. The van der Waals surface area contributed by atoms with Gasteiger partial charge in [0, 0.05) is 5.56 Å². The van der Waals surface area contributed by atoms with Crippen LogP contribution in [0.5, 0.6) is 17.2 Å². The zero-order valence-corrected chi connectivity index (χ0v) is 18.8. The summed E-state index contributed by atoms with van der Waals surface area (Å²) in [6, 6.07) is 7.36. The first-order chi connectivity index (χ1) is 14.7. The number of carbonyl (C=O) groups is 2. The Kier molecular flexibility index (Phi) is 5.47. The van der Waals surface area contributed by atoms with Gasteiger partial charge in [-0.2, -0.15) is 0 Å². The summed E-state index contributed by atoms with van der Waals surface area (Å²) in [7, 11) is 0. The fraction of sp³-hybridized carbons (Fsp3) is 0.333. The predicted molar refractivity (Wildman–Crippen MR) is 121 cm³/mol. The van der Waals surface area contributed by atoms with Gasteiger partial charge in [0.25, 0.3) is 11.1 Å². The van der Waals surface area contributed by atoms with Gasteiger partial charge in [-0.05, 0) is 92.8 Å². The van der Waals surface area contributed by atoms with Crippen molar-refractivity contribution in [1.29, 1.82) is 0 Å². The molecule has 0 saturated carbocycles. The molecule has 2 N–H and O–H groups in total. The normalized spacial score (nSPS) is 21.6. The summed E-state index contributed by atoms with van der Waals surface area (Å²) in [6.07, 6.45) is 3.29. The lowest BCUT2D eigenvalue weighted by Crippen LogP contribution is -2.42. The van der Waals surface area contributed by atoms with Crippen LogP contribution in [0.15, 0.2) is 29.2 Å². The third-order valence-electron chi connectivity index (χ3n) is 5.96. The summed E-state index contributed by atoms with van der Waals surface area (Å²) in [4.78, 5) is 23.3. The van der Waals surface area contributed by atoms with E-state index in [1.165, 1.54) is 0 Å². The smallest absolute Gasteiger partial charge is 0.290 e. The number of hydrogen-bond acceptors (Lipinski definition) is 6. The van der Waals surface area contributed by atoms with Crippen LogP contribution in [0.1, 0.15) is 41.2 Å². The van der Waals surface area contributed by atoms with Gasteiger partial charge >= 0.3 is 0 Å². The topological polar surface area (TPSA) is 84.9 Å². The molecule has 0 aliphatic carbocycles. The van der Waals surface area contributed by atoms with E-state index in [4.69, 9.17) is 9.47 Å². The Balaban J connectivity index is 1.45. The Hall–Kier alpha value is -2.93. The molecule has 2 aliphatic rings. The second-order valence-corrected chi connectivity index (χ2v) is 9.31. The van der Waals surface area contributed by atoms with Crippen molar-refractivity contribution in [3.8, 4) is 17.2 Å². The fourth-order valence-corrected chi connectivity index (χ4v) is 4.55. The predicted octanol–water partition coefficient (Wildman–Crippen LogP) is 4.80. The summed E-state index contributed by atoms with van der Waals surface area (Å²) >= 11 is 0.898. The summed E-state index contributed by atoms with van der Waals surface area (Å²) in [5, 5.41) is 12.2. The van der Waals surface area contributed by atoms with E-state index in [0.717, 1.165) is 58.2 Å². The van der Waals surface area contributed by atoms with E-state index >= 15 is 0 Å². The van der Waals surface area contributed by atoms with Gasteiger partial charge in [0.2, 0.25) is 0 Å². The summed E-state index contributed by atoms with van der Waals surface area (Å²) in [5.41, 5.74) is 4.11. The molecule has 1 atom stereocenters. The Morgan fingerprint density at radius 3 is 2.52 bits per heavy atom. The molecular weight excluding hydrogens is 414 g/mol. The zero-order chi connectivity index (χ0) is 22.3. The molecule has 4 rings (SSSR count). The van der Waals surface area contributed by atoms with Crippen LogP contribution in [0, 0.1) is 20.8 Å². The van der Waals surface area contributed by atoms with E-state index in [2.05, 4.69) is 5.32 Å². The van der Waals surface area contributed by atoms with E-state index in [-0.39, 0.29) is 11.1 Å². The van der Waals surface area contributed by atoms with Gasteiger partial charge < -0.3 is 14.6 Å². The van der Waals surface area contributed by atoms with Crippen molar-refractivity contribution in [3.63, 3.8) is 0 Å². The molecule has 0 radical (unpaired) electrons. The van der Waals surface area contributed by atoms with Crippen LogP contribution in [0.2, 0.25) is 0 Å². The molecule has 162 valence electrons. The number of imide groups is 1. The van der Waals surface area contributed by atoms with Crippen molar-refractivity contribution in [3.05, 3.63) is 57.0 Å². The highest BCUT2D eigenvalue weighted by Gasteiger charge is 2.35. The molecule has 1 saturated heterocycles. The maximum atomic E-state index is 11.7. The van der Waals surface area contributed by atoms with Crippen LogP contribution in [-0.2, 0) is 11.2 Å². The molecule has 1 fully saturated rings. The van der Waals surface area contributed by atoms with Gasteiger partial charge in [0.15, 0.2) is 0 Å². The first-order valence-corrected chi connectivity index (χ1v) is 11.0. The average molecular weight is 440 g/mol. The minimum Gasteiger partial charge on any atom is -0.507 e. The first kappa shape index (κ1) is 21.3. The van der Waals surface area contributed by atoms with Crippen molar-refractivity contribution in [2.75, 3.05) is 6.61 Å². The van der Waals surface area contributed by atoms with Gasteiger partial charge in [-0.1, -0.05) is 12.1 Å². The Bertz CT molecular complexity index is 1110. The Morgan fingerprint density at radius 1 is 1.16 bits per heavy atom. The standard InChI is InChI=1S/C24H25NO5S/c1-13-14(2)21-18(15(3)20(13)26)9-10-24(4,30-21)12-29-17-7-5-16(6-8-17)11-19-22(27)25-23(28)31-19/h5-8,11,26H,9-10,12H2,1-4H3,(H,25,27,28)/b19-11+. The molecule has 0 spiro atoms. The van der Waals surface area contributed by atoms with Crippen LogP contribution in [-0.4, -0.2) is 28.5 Å². The summed E-state index contributed by atoms with van der Waals surface area (Å²) in [5.74, 6) is 1.54. The molecule has 2 aromatic carbocycles. The summed E-state index contributed by atoms with van der Waals surface area (Å²) < 4.78 is 12.4. The number of rotatable bonds is 4.